The molecule has 20 heavy (non-hydrogen) atoms. The molecule has 2 nitrogen and oxygen atoms in total. The zero-order valence-corrected chi connectivity index (χ0v) is 11.9. The van der Waals surface area contributed by atoms with E-state index in [4.69, 9.17) is 4.74 Å². The number of hydrogen-bond acceptors (Lipinski definition) is 2. The third-order valence-electron chi connectivity index (χ3n) is 6.02. The summed E-state index contributed by atoms with van der Waals surface area (Å²) in [5.41, 5.74) is -0.701. The average Bonchev–Trinajstić information content (AvgIpc) is 2.33. The summed E-state index contributed by atoms with van der Waals surface area (Å²) in [5, 5.41) is 0. The van der Waals surface area contributed by atoms with Crippen LogP contribution in [0.2, 0.25) is 0 Å². The molecule has 4 aliphatic rings. The lowest BCUT2D eigenvalue weighted by atomic mass is 9.46. The highest BCUT2D eigenvalue weighted by atomic mass is 19.4. The second-order valence-electron chi connectivity index (χ2n) is 7.18. The Kier molecular flexibility index (Phi) is 3.11. The fraction of sp³-hybridized carbons (Fsp3) is 0.933. The van der Waals surface area contributed by atoms with Crippen molar-refractivity contribution in [2.75, 3.05) is 0 Å². The summed E-state index contributed by atoms with van der Waals surface area (Å²) in [6.07, 6.45) is -1.30. The van der Waals surface area contributed by atoms with E-state index in [-0.39, 0.29) is 11.8 Å². The Morgan fingerprint density at radius 1 is 1.10 bits per heavy atom. The van der Waals surface area contributed by atoms with Gasteiger partial charge in [0.05, 0.1) is 5.41 Å². The lowest BCUT2D eigenvalue weighted by Crippen LogP contribution is -2.56. The third kappa shape index (κ3) is 2.04. The van der Waals surface area contributed by atoms with E-state index in [0.29, 0.717) is 11.8 Å². The van der Waals surface area contributed by atoms with Gasteiger partial charge >= 0.3 is 12.1 Å². The molecule has 5 heteroatoms. The van der Waals surface area contributed by atoms with Gasteiger partial charge in [-0.3, -0.25) is 4.79 Å². The van der Waals surface area contributed by atoms with Crippen molar-refractivity contribution in [3.8, 4) is 0 Å². The largest absolute Gasteiger partial charge is 0.453 e. The molecule has 4 fully saturated rings. The van der Waals surface area contributed by atoms with Crippen molar-refractivity contribution in [3.05, 3.63) is 0 Å². The Labute approximate surface area is 117 Å². The van der Waals surface area contributed by atoms with Crippen LogP contribution in [0.4, 0.5) is 13.2 Å². The van der Waals surface area contributed by atoms with Crippen LogP contribution in [0.25, 0.3) is 0 Å². The number of hydrogen-bond donors (Lipinski definition) is 0. The molecule has 0 heterocycles. The Morgan fingerprint density at radius 3 is 1.95 bits per heavy atom. The van der Waals surface area contributed by atoms with Gasteiger partial charge in [0.15, 0.2) is 6.10 Å². The van der Waals surface area contributed by atoms with E-state index in [0.717, 1.165) is 32.6 Å². The summed E-state index contributed by atoms with van der Waals surface area (Å²) in [6, 6.07) is 0. The number of esters is 1. The highest BCUT2D eigenvalue weighted by Crippen LogP contribution is 2.62. The fourth-order valence-corrected chi connectivity index (χ4v) is 4.85. The maximum Gasteiger partial charge on any atom is 0.425 e. The van der Waals surface area contributed by atoms with Gasteiger partial charge in [-0.25, -0.2) is 0 Å². The Hall–Kier alpha value is -0.740. The number of carbonyl (C=O) groups excluding carboxylic acids is 1. The molecule has 1 atom stereocenters. The highest BCUT2D eigenvalue weighted by molar-refractivity contribution is 5.78. The van der Waals surface area contributed by atoms with Crippen LogP contribution in [0.15, 0.2) is 0 Å². The molecular formula is C15H21F3O2. The number of rotatable bonds is 2. The van der Waals surface area contributed by atoms with E-state index in [2.05, 4.69) is 0 Å². The lowest BCUT2D eigenvalue weighted by molar-refractivity contribution is -0.231. The number of carbonyl (C=O) groups is 1. The summed E-state index contributed by atoms with van der Waals surface area (Å²) >= 11 is 0. The van der Waals surface area contributed by atoms with Gasteiger partial charge in [-0.1, -0.05) is 0 Å². The van der Waals surface area contributed by atoms with Crippen LogP contribution in [0.5, 0.6) is 0 Å². The molecule has 0 amide bonds. The van der Waals surface area contributed by atoms with Crippen molar-refractivity contribution in [1.29, 1.82) is 0 Å². The Bertz CT molecular complexity index is 388. The van der Waals surface area contributed by atoms with E-state index in [1.54, 1.807) is 0 Å². The molecule has 0 aromatic heterocycles. The smallest absolute Gasteiger partial charge is 0.425 e. The Balaban J connectivity index is 1.77. The molecule has 0 aromatic carbocycles. The van der Waals surface area contributed by atoms with Crippen LogP contribution in [-0.4, -0.2) is 18.2 Å². The van der Waals surface area contributed by atoms with Gasteiger partial charge in [0.2, 0.25) is 0 Å². The van der Waals surface area contributed by atoms with Gasteiger partial charge in [-0.05, 0) is 69.6 Å². The molecule has 0 aliphatic heterocycles. The standard InChI is InChI=1S/C15H21F3O2/c1-8(15(16,17)18)20-13(19)14(2)11-4-9-3-10(6-11)7-12(14)5-9/h8-12H,3-7H2,1-2H3. The quantitative estimate of drug-likeness (QED) is 0.720. The minimum Gasteiger partial charge on any atom is -0.453 e. The van der Waals surface area contributed by atoms with Crippen molar-refractivity contribution >= 4 is 5.97 Å². The molecule has 4 bridgehead atoms. The molecule has 4 aliphatic carbocycles. The molecule has 114 valence electrons. The number of ether oxygens (including phenoxy) is 1. The van der Waals surface area contributed by atoms with Gasteiger partial charge < -0.3 is 4.74 Å². The van der Waals surface area contributed by atoms with Gasteiger partial charge in [-0.2, -0.15) is 13.2 Å². The van der Waals surface area contributed by atoms with E-state index in [1.807, 2.05) is 6.92 Å². The summed E-state index contributed by atoms with van der Waals surface area (Å²) in [6.45, 7) is 2.75. The van der Waals surface area contributed by atoms with E-state index < -0.39 is 23.7 Å². The Morgan fingerprint density at radius 2 is 1.55 bits per heavy atom. The van der Waals surface area contributed by atoms with Gasteiger partial charge in [-0.15, -0.1) is 0 Å². The molecule has 4 saturated carbocycles. The fourth-order valence-electron chi connectivity index (χ4n) is 4.85. The van der Waals surface area contributed by atoms with Crippen LogP contribution in [0.1, 0.15) is 46.0 Å². The predicted octanol–water partition coefficient (Wildman–Crippen LogP) is 3.94. The van der Waals surface area contributed by atoms with Gasteiger partial charge in [0.1, 0.15) is 0 Å². The summed E-state index contributed by atoms with van der Waals surface area (Å²) in [4.78, 5) is 12.4. The molecule has 0 saturated heterocycles. The highest BCUT2D eigenvalue weighted by Gasteiger charge is 2.59. The van der Waals surface area contributed by atoms with Crippen LogP contribution in [-0.2, 0) is 9.53 Å². The first-order valence-corrected chi connectivity index (χ1v) is 7.49. The van der Waals surface area contributed by atoms with E-state index in [1.165, 1.54) is 6.42 Å². The second kappa shape index (κ2) is 4.38. The minimum absolute atomic E-state index is 0.215. The van der Waals surface area contributed by atoms with Crippen LogP contribution >= 0.6 is 0 Å². The van der Waals surface area contributed by atoms with E-state index >= 15 is 0 Å². The summed E-state index contributed by atoms with van der Waals surface area (Å²) in [5.74, 6) is 1.16. The van der Waals surface area contributed by atoms with Crippen molar-refractivity contribution in [1.82, 2.24) is 0 Å². The molecular weight excluding hydrogens is 269 g/mol. The van der Waals surface area contributed by atoms with E-state index in [9.17, 15) is 18.0 Å². The van der Waals surface area contributed by atoms with Gasteiger partial charge in [0, 0.05) is 0 Å². The molecule has 0 radical (unpaired) electrons. The van der Waals surface area contributed by atoms with Crippen LogP contribution in [0.3, 0.4) is 0 Å². The molecule has 0 N–H and O–H groups in total. The summed E-state index contributed by atoms with van der Waals surface area (Å²) < 4.78 is 42.5. The molecule has 4 rings (SSSR count). The first-order valence-electron chi connectivity index (χ1n) is 7.49. The number of halogens is 3. The normalized spacial score (nSPS) is 44.5. The van der Waals surface area contributed by atoms with Crippen molar-refractivity contribution in [2.45, 2.75) is 58.2 Å². The summed E-state index contributed by atoms with van der Waals surface area (Å²) in [7, 11) is 0. The first-order chi connectivity index (χ1) is 9.21. The van der Waals surface area contributed by atoms with Gasteiger partial charge in [0.25, 0.3) is 0 Å². The predicted molar refractivity (Wildman–Crippen MR) is 66.8 cm³/mol. The first kappa shape index (κ1) is 14.2. The van der Waals surface area contributed by atoms with Crippen LogP contribution < -0.4 is 0 Å². The minimum atomic E-state index is -4.47. The van der Waals surface area contributed by atoms with Crippen LogP contribution in [0, 0.1) is 29.1 Å². The topological polar surface area (TPSA) is 26.3 Å². The zero-order valence-electron chi connectivity index (χ0n) is 11.9. The maximum atomic E-state index is 12.6. The molecule has 1 unspecified atom stereocenters. The third-order valence-corrected chi connectivity index (χ3v) is 6.02. The lowest BCUT2D eigenvalue weighted by Gasteiger charge is -2.58. The SMILES string of the molecule is CC(OC(=O)C1(C)C2CC3CC(C2)CC1C3)C(F)(F)F. The molecule has 0 spiro atoms. The van der Waals surface area contributed by atoms with Crippen molar-refractivity contribution < 1.29 is 22.7 Å². The second-order valence-corrected chi connectivity index (χ2v) is 7.18. The maximum absolute atomic E-state index is 12.6. The van der Waals surface area contributed by atoms with Crippen molar-refractivity contribution in [3.63, 3.8) is 0 Å². The monoisotopic (exact) mass is 290 g/mol. The number of alkyl halides is 3. The average molecular weight is 290 g/mol. The zero-order chi connectivity index (χ0) is 14.7. The molecule has 0 aromatic rings. The van der Waals surface area contributed by atoms with Crippen molar-refractivity contribution in [2.24, 2.45) is 29.1 Å².